The van der Waals surface area contributed by atoms with Crippen LogP contribution in [0.4, 0.5) is 0 Å². The molecule has 0 fully saturated rings. The van der Waals surface area contributed by atoms with Crippen LogP contribution in [0, 0.1) is 5.92 Å². The Labute approximate surface area is 92.4 Å². The first-order valence-electron chi connectivity index (χ1n) is 5.11. The molecule has 2 aromatic heterocycles. The van der Waals surface area contributed by atoms with Crippen molar-refractivity contribution >= 4 is 21.6 Å². The van der Waals surface area contributed by atoms with Crippen molar-refractivity contribution in [3.05, 3.63) is 28.1 Å². The van der Waals surface area contributed by atoms with E-state index in [0.717, 1.165) is 23.2 Å². The Kier molecular flexibility index (Phi) is 2.86. The minimum absolute atomic E-state index is 0.0932. The van der Waals surface area contributed by atoms with E-state index in [9.17, 15) is 4.79 Å². The van der Waals surface area contributed by atoms with Crippen molar-refractivity contribution in [1.82, 2.24) is 9.55 Å². The number of aromatic nitrogens is 2. The summed E-state index contributed by atoms with van der Waals surface area (Å²) in [6.45, 7) is 5.07. The van der Waals surface area contributed by atoms with E-state index in [2.05, 4.69) is 18.8 Å². The summed E-state index contributed by atoms with van der Waals surface area (Å²) in [6.07, 6.45) is 2.66. The third-order valence-electron chi connectivity index (χ3n) is 2.38. The van der Waals surface area contributed by atoms with Gasteiger partial charge >= 0.3 is 0 Å². The van der Waals surface area contributed by atoms with Crippen LogP contribution in [0.5, 0.6) is 0 Å². The number of aryl methyl sites for hydroxylation is 1. The highest BCUT2D eigenvalue weighted by molar-refractivity contribution is 7.17. The maximum absolute atomic E-state index is 11.9. The summed E-state index contributed by atoms with van der Waals surface area (Å²) in [5.41, 5.74) is 0.904. The van der Waals surface area contributed by atoms with Crippen LogP contribution in [0.15, 0.2) is 22.6 Å². The summed E-state index contributed by atoms with van der Waals surface area (Å²) in [7, 11) is 0. The van der Waals surface area contributed by atoms with Crippen molar-refractivity contribution < 1.29 is 0 Å². The van der Waals surface area contributed by atoms with Crippen molar-refractivity contribution in [2.24, 2.45) is 5.92 Å². The summed E-state index contributed by atoms with van der Waals surface area (Å²) in [6, 6.07) is 1.88. The van der Waals surface area contributed by atoms with Crippen LogP contribution in [0.2, 0.25) is 0 Å². The van der Waals surface area contributed by atoms with E-state index in [0.29, 0.717) is 5.92 Å². The molecule has 2 heterocycles. The Morgan fingerprint density at radius 2 is 2.33 bits per heavy atom. The van der Waals surface area contributed by atoms with E-state index in [1.54, 1.807) is 10.9 Å². The number of nitrogens with zero attached hydrogens (tertiary/aromatic N) is 2. The maximum Gasteiger partial charge on any atom is 0.271 e. The molecular weight excluding hydrogens is 208 g/mol. The molecule has 0 saturated carbocycles. The molecule has 0 aliphatic heterocycles. The van der Waals surface area contributed by atoms with Gasteiger partial charge in [0.1, 0.15) is 4.70 Å². The van der Waals surface area contributed by atoms with Crippen molar-refractivity contribution in [3.8, 4) is 0 Å². The Morgan fingerprint density at radius 3 is 3.07 bits per heavy atom. The molecule has 0 N–H and O–H groups in total. The van der Waals surface area contributed by atoms with Gasteiger partial charge in [0.25, 0.3) is 5.56 Å². The first kappa shape index (κ1) is 10.4. The van der Waals surface area contributed by atoms with Gasteiger partial charge < -0.3 is 0 Å². The highest BCUT2D eigenvalue weighted by Crippen LogP contribution is 2.13. The fourth-order valence-corrected chi connectivity index (χ4v) is 2.23. The lowest BCUT2D eigenvalue weighted by Gasteiger charge is -2.06. The highest BCUT2D eigenvalue weighted by atomic mass is 32.1. The number of hydrogen-bond donors (Lipinski definition) is 0. The normalized spacial score (nSPS) is 11.4. The first-order valence-corrected chi connectivity index (χ1v) is 5.99. The fourth-order valence-electron chi connectivity index (χ4n) is 1.44. The standard InChI is InChI=1S/C11H14N2OS/c1-8(2)3-5-13-7-12-9-4-6-15-10(9)11(13)14/h4,6-8H,3,5H2,1-2H3. The average Bonchev–Trinajstić information content (AvgIpc) is 2.65. The molecule has 4 heteroatoms. The Bertz CT molecular complexity index is 513. The molecule has 0 spiro atoms. The van der Waals surface area contributed by atoms with Crippen molar-refractivity contribution in [2.75, 3.05) is 0 Å². The van der Waals surface area contributed by atoms with Gasteiger partial charge in [-0.05, 0) is 23.8 Å². The Morgan fingerprint density at radius 1 is 1.53 bits per heavy atom. The van der Waals surface area contributed by atoms with Crippen LogP contribution in [-0.2, 0) is 6.54 Å². The molecule has 3 nitrogen and oxygen atoms in total. The zero-order valence-corrected chi connectivity index (χ0v) is 9.75. The number of hydrogen-bond acceptors (Lipinski definition) is 3. The van der Waals surface area contributed by atoms with Gasteiger partial charge in [-0.1, -0.05) is 13.8 Å². The van der Waals surface area contributed by atoms with Crippen LogP contribution in [0.3, 0.4) is 0 Å². The predicted octanol–water partition coefficient (Wildman–Crippen LogP) is 2.50. The molecule has 0 aliphatic rings. The van der Waals surface area contributed by atoms with E-state index >= 15 is 0 Å². The predicted molar refractivity (Wildman–Crippen MR) is 63.3 cm³/mol. The van der Waals surface area contributed by atoms with Crippen LogP contribution < -0.4 is 5.56 Å². The van der Waals surface area contributed by atoms with E-state index in [1.807, 2.05) is 11.4 Å². The van der Waals surface area contributed by atoms with Crippen LogP contribution in [0.25, 0.3) is 10.2 Å². The second-order valence-corrected chi connectivity index (χ2v) is 4.98. The minimum Gasteiger partial charge on any atom is -0.298 e. The molecule has 0 unspecified atom stereocenters. The van der Waals surface area contributed by atoms with E-state index < -0.39 is 0 Å². The average molecular weight is 222 g/mol. The largest absolute Gasteiger partial charge is 0.298 e. The van der Waals surface area contributed by atoms with Gasteiger partial charge in [-0.15, -0.1) is 11.3 Å². The Balaban J connectivity index is 2.36. The lowest BCUT2D eigenvalue weighted by Crippen LogP contribution is -2.20. The van der Waals surface area contributed by atoms with Gasteiger partial charge in [0.15, 0.2) is 0 Å². The minimum atomic E-state index is 0.0932. The third-order valence-corrected chi connectivity index (χ3v) is 3.27. The van der Waals surface area contributed by atoms with Gasteiger partial charge in [-0.2, -0.15) is 0 Å². The first-order chi connectivity index (χ1) is 7.18. The van der Waals surface area contributed by atoms with Gasteiger partial charge in [-0.3, -0.25) is 9.36 Å². The van der Waals surface area contributed by atoms with Gasteiger partial charge in [-0.25, -0.2) is 4.98 Å². The molecule has 0 bridgehead atoms. The second kappa shape index (κ2) is 4.14. The maximum atomic E-state index is 11.9. The number of rotatable bonds is 3. The monoisotopic (exact) mass is 222 g/mol. The summed E-state index contributed by atoms with van der Waals surface area (Å²) in [4.78, 5) is 16.2. The third kappa shape index (κ3) is 2.09. The van der Waals surface area contributed by atoms with Gasteiger partial charge in [0.05, 0.1) is 11.8 Å². The topological polar surface area (TPSA) is 34.9 Å². The van der Waals surface area contributed by atoms with Crippen molar-refractivity contribution in [2.45, 2.75) is 26.8 Å². The molecule has 0 saturated heterocycles. The molecule has 15 heavy (non-hydrogen) atoms. The lowest BCUT2D eigenvalue weighted by molar-refractivity contribution is 0.506. The molecule has 80 valence electrons. The van der Waals surface area contributed by atoms with E-state index in [1.165, 1.54) is 11.3 Å². The molecule has 0 aromatic carbocycles. The highest BCUT2D eigenvalue weighted by Gasteiger charge is 2.05. The molecule has 2 rings (SSSR count). The zero-order chi connectivity index (χ0) is 10.8. The zero-order valence-electron chi connectivity index (χ0n) is 8.93. The molecule has 0 amide bonds. The quantitative estimate of drug-likeness (QED) is 0.799. The molecule has 0 atom stereocenters. The summed E-state index contributed by atoms with van der Waals surface area (Å²) >= 11 is 1.47. The van der Waals surface area contributed by atoms with Crippen molar-refractivity contribution in [3.63, 3.8) is 0 Å². The van der Waals surface area contributed by atoms with Crippen LogP contribution in [0.1, 0.15) is 20.3 Å². The van der Waals surface area contributed by atoms with Gasteiger partial charge in [0, 0.05) is 6.54 Å². The summed E-state index contributed by atoms with van der Waals surface area (Å²) in [5, 5.41) is 1.91. The molecule has 0 aliphatic carbocycles. The lowest BCUT2D eigenvalue weighted by atomic mass is 10.1. The summed E-state index contributed by atoms with van der Waals surface area (Å²) < 4.78 is 2.47. The molecular formula is C11H14N2OS. The van der Waals surface area contributed by atoms with E-state index in [-0.39, 0.29) is 5.56 Å². The Hall–Kier alpha value is -1.16. The van der Waals surface area contributed by atoms with E-state index in [4.69, 9.17) is 0 Å². The second-order valence-electron chi connectivity index (χ2n) is 4.06. The van der Waals surface area contributed by atoms with Crippen LogP contribution >= 0.6 is 11.3 Å². The number of thiophene rings is 1. The summed E-state index contributed by atoms with van der Waals surface area (Å²) in [5.74, 6) is 0.607. The fraction of sp³-hybridized carbons (Fsp3) is 0.455. The molecule has 2 aromatic rings. The number of fused-ring (bicyclic) bond motifs is 1. The smallest absolute Gasteiger partial charge is 0.271 e. The van der Waals surface area contributed by atoms with Crippen LogP contribution in [-0.4, -0.2) is 9.55 Å². The molecule has 0 radical (unpaired) electrons. The van der Waals surface area contributed by atoms with Crippen molar-refractivity contribution in [1.29, 1.82) is 0 Å². The SMILES string of the molecule is CC(C)CCn1cnc2ccsc2c1=O. The van der Waals surface area contributed by atoms with Gasteiger partial charge in [0.2, 0.25) is 0 Å².